The van der Waals surface area contributed by atoms with Crippen molar-refractivity contribution in [2.45, 2.75) is 43.4 Å². The third-order valence-corrected chi connectivity index (χ3v) is 4.09. The van der Waals surface area contributed by atoms with Crippen LogP contribution in [0.3, 0.4) is 0 Å². The largest absolute Gasteiger partial charge is 0.343 e. The monoisotopic (exact) mass is 296 g/mol. The quantitative estimate of drug-likeness (QED) is 0.907. The second-order valence-electron chi connectivity index (χ2n) is 4.59. The molecule has 0 aliphatic heterocycles. The van der Waals surface area contributed by atoms with Crippen LogP contribution in [0.4, 0.5) is 4.39 Å². The van der Waals surface area contributed by atoms with Crippen molar-refractivity contribution in [1.29, 1.82) is 0 Å². The van der Waals surface area contributed by atoms with E-state index in [0.29, 0.717) is 22.8 Å². The summed E-state index contributed by atoms with van der Waals surface area (Å²) >= 11 is 1.31. The standard InChI is InChI=1S/C13H17FN4OS/c1-4-18-12(19)16-17-13(18)20-11-5-7(2)10(14)6-9(11)8(3)15/h5-6,8H,4,15H2,1-3H3,(H,16,19). The maximum absolute atomic E-state index is 13.7. The lowest BCUT2D eigenvalue weighted by Gasteiger charge is -2.13. The van der Waals surface area contributed by atoms with Crippen molar-refractivity contribution in [1.82, 2.24) is 14.8 Å². The van der Waals surface area contributed by atoms with Gasteiger partial charge in [0.15, 0.2) is 5.16 Å². The van der Waals surface area contributed by atoms with E-state index in [1.165, 1.54) is 22.4 Å². The van der Waals surface area contributed by atoms with Crippen molar-refractivity contribution in [3.05, 3.63) is 39.6 Å². The highest BCUT2D eigenvalue weighted by Crippen LogP contribution is 2.33. The van der Waals surface area contributed by atoms with E-state index in [2.05, 4.69) is 10.2 Å². The Bertz CT molecular complexity index is 677. The van der Waals surface area contributed by atoms with E-state index < -0.39 is 0 Å². The zero-order valence-corrected chi connectivity index (χ0v) is 12.4. The Kier molecular flexibility index (Phi) is 4.29. The van der Waals surface area contributed by atoms with Gasteiger partial charge >= 0.3 is 5.69 Å². The van der Waals surface area contributed by atoms with Gasteiger partial charge in [-0.3, -0.25) is 4.57 Å². The maximum Gasteiger partial charge on any atom is 0.343 e. The van der Waals surface area contributed by atoms with Crippen LogP contribution in [-0.4, -0.2) is 14.8 Å². The minimum atomic E-state index is -0.298. The minimum absolute atomic E-state index is 0.254. The van der Waals surface area contributed by atoms with Gasteiger partial charge in [-0.05, 0) is 55.8 Å². The minimum Gasteiger partial charge on any atom is -0.324 e. The van der Waals surface area contributed by atoms with E-state index in [9.17, 15) is 9.18 Å². The fourth-order valence-corrected chi connectivity index (χ4v) is 3.08. The first-order chi connectivity index (χ1) is 9.43. The number of aromatic amines is 1. The highest BCUT2D eigenvalue weighted by atomic mass is 32.2. The Morgan fingerprint density at radius 1 is 1.55 bits per heavy atom. The van der Waals surface area contributed by atoms with Gasteiger partial charge < -0.3 is 5.73 Å². The number of nitrogens with one attached hydrogen (secondary N) is 1. The molecule has 1 atom stereocenters. The molecular formula is C13H17FN4OS. The number of hydrogen-bond donors (Lipinski definition) is 2. The summed E-state index contributed by atoms with van der Waals surface area (Å²) in [6.07, 6.45) is 0. The van der Waals surface area contributed by atoms with Crippen molar-refractivity contribution in [3.63, 3.8) is 0 Å². The summed E-state index contributed by atoms with van der Waals surface area (Å²) < 4.78 is 15.2. The van der Waals surface area contributed by atoms with Gasteiger partial charge in [-0.2, -0.15) is 0 Å². The molecule has 0 spiro atoms. The normalized spacial score (nSPS) is 12.7. The van der Waals surface area contributed by atoms with Crippen LogP contribution < -0.4 is 11.4 Å². The van der Waals surface area contributed by atoms with E-state index in [1.54, 1.807) is 19.9 Å². The molecule has 0 aliphatic carbocycles. The van der Waals surface area contributed by atoms with Crippen molar-refractivity contribution in [2.75, 3.05) is 0 Å². The molecule has 0 fully saturated rings. The maximum atomic E-state index is 13.7. The lowest BCUT2D eigenvalue weighted by Crippen LogP contribution is -2.16. The first kappa shape index (κ1) is 14.8. The van der Waals surface area contributed by atoms with Gasteiger partial charge in [0.05, 0.1) is 0 Å². The first-order valence-electron chi connectivity index (χ1n) is 6.32. The van der Waals surface area contributed by atoms with Gasteiger partial charge in [-0.25, -0.2) is 14.3 Å². The number of nitrogens with zero attached hydrogens (tertiary/aromatic N) is 2. The van der Waals surface area contributed by atoms with Gasteiger partial charge in [0, 0.05) is 17.5 Å². The van der Waals surface area contributed by atoms with Crippen LogP contribution >= 0.6 is 11.8 Å². The molecule has 0 radical (unpaired) electrons. The number of aromatic nitrogens is 3. The van der Waals surface area contributed by atoms with Crippen LogP contribution in [0.5, 0.6) is 0 Å². The molecule has 2 rings (SSSR count). The number of benzene rings is 1. The number of aryl methyl sites for hydroxylation is 1. The Morgan fingerprint density at radius 2 is 2.25 bits per heavy atom. The van der Waals surface area contributed by atoms with E-state index >= 15 is 0 Å². The van der Waals surface area contributed by atoms with Crippen LogP contribution in [0.15, 0.2) is 27.0 Å². The molecule has 3 N–H and O–H groups in total. The predicted molar refractivity (Wildman–Crippen MR) is 76.4 cm³/mol. The fourth-order valence-electron chi connectivity index (χ4n) is 1.87. The molecule has 1 aromatic carbocycles. The molecule has 0 saturated heterocycles. The van der Waals surface area contributed by atoms with E-state index in [1.807, 2.05) is 6.92 Å². The van der Waals surface area contributed by atoms with Crippen molar-refractivity contribution in [2.24, 2.45) is 5.73 Å². The smallest absolute Gasteiger partial charge is 0.324 e. The van der Waals surface area contributed by atoms with Gasteiger partial charge in [0.2, 0.25) is 0 Å². The van der Waals surface area contributed by atoms with Crippen molar-refractivity contribution >= 4 is 11.8 Å². The summed E-state index contributed by atoms with van der Waals surface area (Å²) in [5.74, 6) is -0.281. The lowest BCUT2D eigenvalue weighted by molar-refractivity contribution is 0.609. The van der Waals surface area contributed by atoms with Crippen molar-refractivity contribution in [3.8, 4) is 0 Å². The molecular weight excluding hydrogens is 279 g/mol. The predicted octanol–water partition coefficient (Wildman–Crippen LogP) is 2.21. The zero-order chi connectivity index (χ0) is 14.9. The number of rotatable bonds is 4. The summed E-state index contributed by atoms with van der Waals surface area (Å²) in [4.78, 5) is 12.4. The zero-order valence-electron chi connectivity index (χ0n) is 11.6. The SMILES string of the molecule is CCn1c(Sc2cc(C)c(F)cc2C(C)N)n[nH]c1=O. The Balaban J connectivity index is 2.47. The van der Waals surface area contributed by atoms with Gasteiger partial charge in [-0.15, -0.1) is 5.10 Å². The van der Waals surface area contributed by atoms with Crippen LogP contribution in [-0.2, 0) is 6.54 Å². The lowest BCUT2D eigenvalue weighted by atomic mass is 10.1. The molecule has 1 unspecified atom stereocenters. The summed E-state index contributed by atoms with van der Waals surface area (Å²) in [5, 5.41) is 6.95. The topological polar surface area (TPSA) is 76.7 Å². The van der Waals surface area contributed by atoms with Crippen LogP contribution in [0.25, 0.3) is 0 Å². The third kappa shape index (κ3) is 2.78. The summed E-state index contributed by atoms with van der Waals surface area (Å²) in [5.41, 5.74) is 6.88. The van der Waals surface area contributed by atoms with Gasteiger partial charge in [0.25, 0.3) is 0 Å². The molecule has 0 saturated carbocycles. The molecule has 20 heavy (non-hydrogen) atoms. The van der Waals surface area contributed by atoms with Gasteiger partial charge in [-0.1, -0.05) is 0 Å². The van der Waals surface area contributed by atoms with E-state index in [0.717, 1.165) is 4.90 Å². The molecule has 0 aliphatic rings. The Labute approximate surface area is 120 Å². The molecule has 5 nitrogen and oxygen atoms in total. The third-order valence-electron chi connectivity index (χ3n) is 3.02. The van der Waals surface area contributed by atoms with Crippen LogP contribution in [0.1, 0.15) is 31.0 Å². The summed E-state index contributed by atoms with van der Waals surface area (Å²) in [6, 6.07) is 2.88. The molecule has 1 heterocycles. The number of nitrogens with two attached hydrogens (primary N) is 1. The highest BCUT2D eigenvalue weighted by Gasteiger charge is 2.15. The Hall–Kier alpha value is -1.60. The molecule has 0 amide bonds. The average molecular weight is 296 g/mol. The van der Waals surface area contributed by atoms with Crippen LogP contribution in [0, 0.1) is 12.7 Å². The van der Waals surface area contributed by atoms with E-state index in [4.69, 9.17) is 5.73 Å². The second-order valence-corrected chi connectivity index (χ2v) is 5.59. The average Bonchev–Trinajstić information content (AvgIpc) is 2.73. The van der Waals surface area contributed by atoms with Crippen molar-refractivity contribution < 1.29 is 4.39 Å². The number of hydrogen-bond acceptors (Lipinski definition) is 4. The summed E-state index contributed by atoms with van der Waals surface area (Å²) in [7, 11) is 0. The van der Waals surface area contributed by atoms with Gasteiger partial charge in [0.1, 0.15) is 5.82 Å². The van der Waals surface area contributed by atoms with E-state index in [-0.39, 0.29) is 17.5 Å². The molecule has 2 aromatic rings. The second kappa shape index (κ2) is 5.80. The molecule has 0 bridgehead atoms. The molecule has 7 heteroatoms. The fraction of sp³-hybridized carbons (Fsp3) is 0.385. The number of H-pyrrole nitrogens is 1. The first-order valence-corrected chi connectivity index (χ1v) is 7.14. The van der Waals surface area contributed by atoms with Crippen LogP contribution in [0.2, 0.25) is 0 Å². The molecule has 108 valence electrons. The number of halogens is 1. The molecule has 1 aromatic heterocycles. The summed E-state index contributed by atoms with van der Waals surface area (Å²) in [6.45, 7) is 5.88. The Morgan fingerprint density at radius 3 is 2.85 bits per heavy atom. The highest BCUT2D eigenvalue weighted by molar-refractivity contribution is 7.99.